The van der Waals surface area contributed by atoms with Crippen LogP contribution in [0.2, 0.25) is 5.02 Å². The van der Waals surface area contributed by atoms with Gasteiger partial charge in [-0.1, -0.05) is 29.8 Å². The molecule has 0 aliphatic carbocycles. The smallest absolute Gasteiger partial charge is 0.244 e. The SMILES string of the molecule is CC1(C)C(=O)N(CC(=O)Nc2ccc(F)cc2Cl)c2ccccc21. The quantitative estimate of drug-likeness (QED) is 0.920. The van der Waals surface area contributed by atoms with Gasteiger partial charge in [-0.3, -0.25) is 9.59 Å². The summed E-state index contributed by atoms with van der Waals surface area (Å²) in [7, 11) is 0. The van der Waals surface area contributed by atoms with E-state index in [1.807, 2.05) is 38.1 Å². The zero-order chi connectivity index (χ0) is 17.5. The highest BCUT2D eigenvalue weighted by atomic mass is 35.5. The van der Waals surface area contributed by atoms with E-state index in [9.17, 15) is 14.0 Å². The molecule has 3 rings (SSSR count). The molecule has 24 heavy (non-hydrogen) atoms. The van der Waals surface area contributed by atoms with Gasteiger partial charge in [0, 0.05) is 5.69 Å². The van der Waals surface area contributed by atoms with Gasteiger partial charge in [0.25, 0.3) is 0 Å². The third-order valence-corrected chi connectivity index (χ3v) is 4.47. The average molecular weight is 347 g/mol. The lowest BCUT2D eigenvalue weighted by Crippen LogP contribution is -2.40. The number of benzene rings is 2. The van der Waals surface area contributed by atoms with Crippen LogP contribution < -0.4 is 10.2 Å². The summed E-state index contributed by atoms with van der Waals surface area (Å²) in [6.45, 7) is 3.54. The Balaban J connectivity index is 1.81. The predicted octanol–water partition coefficient (Wildman–Crippen LogP) is 3.74. The van der Waals surface area contributed by atoms with Gasteiger partial charge in [-0.15, -0.1) is 0 Å². The molecule has 4 nitrogen and oxygen atoms in total. The monoisotopic (exact) mass is 346 g/mol. The van der Waals surface area contributed by atoms with E-state index in [-0.39, 0.29) is 17.5 Å². The van der Waals surface area contributed by atoms with Gasteiger partial charge >= 0.3 is 0 Å². The van der Waals surface area contributed by atoms with Crippen LogP contribution in [0, 0.1) is 5.82 Å². The van der Waals surface area contributed by atoms with Crippen LogP contribution in [0.15, 0.2) is 42.5 Å². The van der Waals surface area contributed by atoms with Crippen LogP contribution in [-0.2, 0) is 15.0 Å². The van der Waals surface area contributed by atoms with Gasteiger partial charge in [-0.2, -0.15) is 0 Å². The Morgan fingerprint density at radius 2 is 1.96 bits per heavy atom. The van der Waals surface area contributed by atoms with Gasteiger partial charge in [-0.25, -0.2) is 4.39 Å². The number of anilines is 2. The molecule has 0 bridgehead atoms. The lowest BCUT2D eigenvalue weighted by atomic mass is 9.86. The minimum absolute atomic E-state index is 0.108. The molecule has 124 valence electrons. The van der Waals surface area contributed by atoms with E-state index < -0.39 is 17.1 Å². The molecular formula is C18H16ClFN2O2. The van der Waals surface area contributed by atoms with Crippen molar-refractivity contribution in [3.8, 4) is 0 Å². The maximum atomic E-state index is 13.1. The Labute approximate surface area is 144 Å². The molecule has 0 saturated heterocycles. The van der Waals surface area contributed by atoms with E-state index in [1.165, 1.54) is 17.0 Å². The molecule has 2 amide bonds. The highest BCUT2D eigenvalue weighted by Gasteiger charge is 2.44. The van der Waals surface area contributed by atoms with E-state index in [0.717, 1.165) is 17.3 Å². The zero-order valence-electron chi connectivity index (χ0n) is 13.3. The first-order chi connectivity index (χ1) is 11.3. The number of rotatable bonds is 3. The summed E-state index contributed by atoms with van der Waals surface area (Å²) in [5, 5.41) is 2.72. The van der Waals surface area contributed by atoms with Crippen LogP contribution in [0.1, 0.15) is 19.4 Å². The summed E-state index contributed by atoms with van der Waals surface area (Å²) >= 11 is 5.91. The summed E-state index contributed by atoms with van der Waals surface area (Å²) in [5.74, 6) is -1.02. The number of fused-ring (bicyclic) bond motifs is 1. The van der Waals surface area contributed by atoms with Crippen LogP contribution in [0.5, 0.6) is 0 Å². The van der Waals surface area contributed by atoms with Crippen LogP contribution in [0.4, 0.5) is 15.8 Å². The van der Waals surface area contributed by atoms with Crippen LogP contribution >= 0.6 is 11.6 Å². The van der Waals surface area contributed by atoms with Gasteiger partial charge in [-0.05, 0) is 43.7 Å². The number of carbonyl (C=O) groups is 2. The number of nitrogens with zero attached hydrogens (tertiary/aromatic N) is 1. The Bertz CT molecular complexity index is 836. The molecule has 1 aliphatic heterocycles. The summed E-state index contributed by atoms with van der Waals surface area (Å²) in [6.07, 6.45) is 0. The Morgan fingerprint density at radius 1 is 1.25 bits per heavy atom. The number of amides is 2. The van der Waals surface area contributed by atoms with Gasteiger partial charge in [0.1, 0.15) is 12.4 Å². The van der Waals surface area contributed by atoms with Crippen molar-refractivity contribution >= 4 is 34.8 Å². The summed E-state index contributed by atoms with van der Waals surface area (Å²) in [5.41, 5.74) is 1.25. The van der Waals surface area contributed by atoms with Gasteiger partial charge < -0.3 is 10.2 Å². The number of halogens is 2. The third-order valence-electron chi connectivity index (χ3n) is 4.15. The van der Waals surface area contributed by atoms with Crippen LogP contribution in [-0.4, -0.2) is 18.4 Å². The highest BCUT2D eigenvalue weighted by Crippen LogP contribution is 2.41. The molecule has 0 unspecified atom stereocenters. The largest absolute Gasteiger partial charge is 0.323 e. The average Bonchev–Trinajstić information content (AvgIpc) is 2.72. The molecule has 0 aromatic heterocycles. The zero-order valence-corrected chi connectivity index (χ0v) is 14.0. The van der Waals surface area contributed by atoms with Crippen molar-refractivity contribution in [3.05, 3.63) is 58.9 Å². The number of para-hydroxylation sites is 1. The molecule has 1 N–H and O–H groups in total. The molecular weight excluding hydrogens is 331 g/mol. The minimum atomic E-state index is -0.676. The molecule has 0 saturated carbocycles. The van der Waals surface area contributed by atoms with Crippen molar-refractivity contribution in [2.75, 3.05) is 16.8 Å². The molecule has 1 aliphatic rings. The molecule has 2 aromatic rings. The number of nitrogens with one attached hydrogen (secondary N) is 1. The maximum Gasteiger partial charge on any atom is 0.244 e. The predicted molar refractivity (Wildman–Crippen MR) is 91.9 cm³/mol. The first kappa shape index (κ1) is 16.5. The second-order valence-corrected chi connectivity index (χ2v) is 6.61. The standard InChI is InChI=1S/C18H16ClFN2O2/c1-18(2)12-5-3-4-6-15(12)22(17(18)24)10-16(23)21-14-8-7-11(20)9-13(14)19/h3-9H,10H2,1-2H3,(H,21,23). The maximum absolute atomic E-state index is 13.1. The molecule has 2 aromatic carbocycles. The van der Waals surface area contributed by atoms with Gasteiger partial charge in [0.15, 0.2) is 0 Å². The Hall–Kier alpha value is -2.40. The Morgan fingerprint density at radius 3 is 2.67 bits per heavy atom. The van der Waals surface area contributed by atoms with E-state index in [2.05, 4.69) is 5.32 Å². The Kier molecular flexibility index (Phi) is 4.05. The summed E-state index contributed by atoms with van der Waals surface area (Å²) in [4.78, 5) is 26.4. The normalized spacial score (nSPS) is 15.3. The molecule has 0 fully saturated rings. The minimum Gasteiger partial charge on any atom is -0.323 e. The first-order valence-electron chi connectivity index (χ1n) is 7.47. The molecule has 1 heterocycles. The molecule has 6 heteroatoms. The van der Waals surface area contributed by atoms with Crippen LogP contribution in [0.3, 0.4) is 0 Å². The molecule has 0 radical (unpaired) electrons. The van der Waals surface area contributed by atoms with Crippen LogP contribution in [0.25, 0.3) is 0 Å². The first-order valence-corrected chi connectivity index (χ1v) is 7.85. The van der Waals surface area contributed by atoms with Crippen molar-refractivity contribution < 1.29 is 14.0 Å². The van der Waals surface area contributed by atoms with E-state index in [1.54, 1.807) is 0 Å². The summed E-state index contributed by atoms with van der Waals surface area (Å²) in [6, 6.07) is 11.1. The topological polar surface area (TPSA) is 49.4 Å². The van der Waals surface area contributed by atoms with Crippen molar-refractivity contribution in [1.29, 1.82) is 0 Å². The molecule has 0 spiro atoms. The van der Waals surface area contributed by atoms with Crippen molar-refractivity contribution in [3.63, 3.8) is 0 Å². The fourth-order valence-corrected chi connectivity index (χ4v) is 3.10. The van der Waals surface area contributed by atoms with E-state index in [0.29, 0.717) is 5.69 Å². The van der Waals surface area contributed by atoms with Gasteiger partial charge in [0.2, 0.25) is 11.8 Å². The fraction of sp³-hybridized carbons (Fsp3) is 0.222. The van der Waals surface area contributed by atoms with E-state index >= 15 is 0 Å². The highest BCUT2D eigenvalue weighted by molar-refractivity contribution is 6.33. The van der Waals surface area contributed by atoms with E-state index in [4.69, 9.17) is 11.6 Å². The van der Waals surface area contributed by atoms with Crippen molar-refractivity contribution in [2.45, 2.75) is 19.3 Å². The summed E-state index contributed by atoms with van der Waals surface area (Å²) < 4.78 is 13.1. The number of hydrogen-bond donors (Lipinski definition) is 1. The lowest BCUT2D eigenvalue weighted by molar-refractivity contribution is -0.124. The van der Waals surface area contributed by atoms with Crippen molar-refractivity contribution in [2.24, 2.45) is 0 Å². The third kappa shape index (κ3) is 2.76. The number of carbonyl (C=O) groups excluding carboxylic acids is 2. The fourth-order valence-electron chi connectivity index (χ4n) is 2.88. The van der Waals surface area contributed by atoms with Crippen molar-refractivity contribution in [1.82, 2.24) is 0 Å². The second-order valence-electron chi connectivity index (χ2n) is 6.21. The number of hydrogen-bond acceptors (Lipinski definition) is 2. The van der Waals surface area contributed by atoms with Gasteiger partial charge in [0.05, 0.1) is 16.1 Å². The molecule has 0 atom stereocenters. The lowest BCUT2D eigenvalue weighted by Gasteiger charge is -2.20. The second kappa shape index (κ2) is 5.91.